The number of pyridine rings is 1. The SMILES string of the molecule is OSNCc1ccccn1. The maximum Gasteiger partial charge on any atom is 0.0763 e. The molecule has 1 aromatic rings. The Hall–Kier alpha value is -0.580. The predicted octanol–water partition coefficient (Wildman–Crippen LogP) is 1.29. The van der Waals surface area contributed by atoms with E-state index in [1.165, 1.54) is 0 Å². The van der Waals surface area contributed by atoms with Crippen molar-refractivity contribution >= 4 is 12.2 Å². The zero-order valence-electron chi connectivity index (χ0n) is 5.32. The third-order valence-corrected chi connectivity index (χ3v) is 1.32. The van der Waals surface area contributed by atoms with Crippen molar-refractivity contribution in [3.8, 4) is 0 Å². The van der Waals surface area contributed by atoms with Gasteiger partial charge in [-0.2, -0.15) is 0 Å². The molecule has 0 aliphatic rings. The second kappa shape index (κ2) is 4.27. The van der Waals surface area contributed by atoms with E-state index in [0.717, 1.165) is 5.69 Å². The lowest BCUT2D eigenvalue weighted by Crippen LogP contribution is -2.03. The van der Waals surface area contributed by atoms with Crippen LogP contribution < -0.4 is 4.72 Å². The summed E-state index contributed by atoms with van der Waals surface area (Å²) in [5, 5.41) is 0. The van der Waals surface area contributed by atoms with E-state index in [9.17, 15) is 0 Å². The van der Waals surface area contributed by atoms with E-state index in [1.807, 2.05) is 18.2 Å². The van der Waals surface area contributed by atoms with Gasteiger partial charge < -0.3 is 4.55 Å². The average molecular weight is 156 g/mol. The van der Waals surface area contributed by atoms with Gasteiger partial charge in [0, 0.05) is 6.20 Å². The van der Waals surface area contributed by atoms with Crippen LogP contribution in [-0.2, 0) is 6.54 Å². The first-order chi connectivity index (χ1) is 4.93. The highest BCUT2D eigenvalue weighted by Crippen LogP contribution is 1.93. The van der Waals surface area contributed by atoms with Gasteiger partial charge >= 0.3 is 0 Å². The first-order valence-electron chi connectivity index (χ1n) is 2.86. The molecular weight excluding hydrogens is 148 g/mol. The van der Waals surface area contributed by atoms with Gasteiger partial charge in [-0.15, -0.1) is 0 Å². The molecule has 0 aliphatic carbocycles. The van der Waals surface area contributed by atoms with E-state index >= 15 is 0 Å². The van der Waals surface area contributed by atoms with Crippen molar-refractivity contribution in [2.45, 2.75) is 6.54 Å². The van der Waals surface area contributed by atoms with Crippen molar-refractivity contribution in [3.05, 3.63) is 30.1 Å². The largest absolute Gasteiger partial charge is 0.317 e. The summed E-state index contributed by atoms with van der Waals surface area (Å²) < 4.78 is 11.0. The molecule has 54 valence electrons. The van der Waals surface area contributed by atoms with Crippen LogP contribution in [0.4, 0.5) is 0 Å². The van der Waals surface area contributed by atoms with Crippen molar-refractivity contribution in [3.63, 3.8) is 0 Å². The van der Waals surface area contributed by atoms with Crippen LogP contribution in [-0.4, -0.2) is 9.54 Å². The lowest BCUT2D eigenvalue weighted by atomic mass is 10.4. The van der Waals surface area contributed by atoms with Gasteiger partial charge in [0.2, 0.25) is 0 Å². The Morgan fingerprint density at radius 2 is 2.50 bits per heavy atom. The second-order valence-electron chi connectivity index (χ2n) is 1.73. The number of rotatable bonds is 3. The Balaban J connectivity index is 2.43. The zero-order chi connectivity index (χ0) is 7.23. The highest BCUT2D eigenvalue weighted by Gasteiger charge is 1.88. The van der Waals surface area contributed by atoms with Gasteiger partial charge in [-0.25, -0.2) is 4.72 Å². The average Bonchev–Trinajstić information content (AvgIpc) is 2.03. The molecule has 0 amide bonds. The molecule has 3 nitrogen and oxygen atoms in total. The molecule has 10 heavy (non-hydrogen) atoms. The van der Waals surface area contributed by atoms with Gasteiger partial charge in [0.25, 0.3) is 0 Å². The zero-order valence-corrected chi connectivity index (χ0v) is 6.14. The molecule has 0 atom stereocenters. The molecule has 0 fully saturated rings. The van der Waals surface area contributed by atoms with Crippen LogP contribution in [0.2, 0.25) is 0 Å². The molecule has 0 aromatic carbocycles. The number of aromatic nitrogens is 1. The maximum atomic E-state index is 8.31. The molecule has 1 rings (SSSR count). The normalized spacial score (nSPS) is 9.70. The highest BCUT2D eigenvalue weighted by atomic mass is 32.2. The van der Waals surface area contributed by atoms with Crippen molar-refractivity contribution in [2.24, 2.45) is 0 Å². The Labute approximate surface area is 63.8 Å². The summed E-state index contributed by atoms with van der Waals surface area (Å²) in [6, 6.07) is 5.66. The highest BCUT2D eigenvalue weighted by molar-refractivity contribution is 7.91. The quantitative estimate of drug-likeness (QED) is 0.511. The number of nitrogens with one attached hydrogen (secondary N) is 1. The molecule has 4 heteroatoms. The van der Waals surface area contributed by atoms with Crippen molar-refractivity contribution in [1.29, 1.82) is 0 Å². The van der Waals surface area contributed by atoms with Gasteiger partial charge in [0.15, 0.2) is 0 Å². The first kappa shape index (κ1) is 7.53. The lowest BCUT2D eigenvalue weighted by Gasteiger charge is -1.96. The molecule has 0 saturated heterocycles. The summed E-state index contributed by atoms with van der Waals surface area (Å²) in [5.74, 6) is 0. The van der Waals surface area contributed by atoms with Gasteiger partial charge in [-0.3, -0.25) is 4.98 Å². The van der Waals surface area contributed by atoms with E-state index in [-0.39, 0.29) is 0 Å². The van der Waals surface area contributed by atoms with E-state index in [4.69, 9.17) is 4.55 Å². The second-order valence-corrected chi connectivity index (χ2v) is 2.20. The van der Waals surface area contributed by atoms with E-state index in [0.29, 0.717) is 18.8 Å². The van der Waals surface area contributed by atoms with Gasteiger partial charge in [0.1, 0.15) is 0 Å². The van der Waals surface area contributed by atoms with E-state index < -0.39 is 0 Å². The standard InChI is InChI=1S/C6H8N2OS/c9-10-8-5-6-3-1-2-4-7-6/h1-4,8-9H,5H2. The fourth-order valence-corrected chi connectivity index (χ4v) is 0.821. The van der Waals surface area contributed by atoms with Crippen molar-refractivity contribution in [2.75, 3.05) is 0 Å². The Bertz CT molecular complexity index is 180. The molecule has 1 heterocycles. The monoisotopic (exact) mass is 156 g/mol. The van der Waals surface area contributed by atoms with Crippen LogP contribution in [0.25, 0.3) is 0 Å². The van der Waals surface area contributed by atoms with Crippen LogP contribution in [0.15, 0.2) is 24.4 Å². The fourth-order valence-electron chi connectivity index (χ4n) is 0.609. The number of nitrogens with zero attached hydrogens (tertiary/aromatic N) is 1. The molecular formula is C6H8N2OS. The summed E-state index contributed by atoms with van der Waals surface area (Å²) in [6.07, 6.45) is 1.72. The molecule has 0 aliphatic heterocycles. The minimum atomic E-state index is 0.585. The van der Waals surface area contributed by atoms with Crippen LogP contribution in [0.3, 0.4) is 0 Å². The molecule has 1 aromatic heterocycles. The van der Waals surface area contributed by atoms with Gasteiger partial charge in [-0.1, -0.05) is 6.07 Å². The molecule has 0 radical (unpaired) electrons. The summed E-state index contributed by atoms with van der Waals surface area (Å²) >= 11 is 0.606. The summed E-state index contributed by atoms with van der Waals surface area (Å²) in [7, 11) is 0. The minimum absolute atomic E-state index is 0.585. The minimum Gasteiger partial charge on any atom is -0.317 e. The van der Waals surface area contributed by atoms with Gasteiger partial charge in [0.05, 0.1) is 24.5 Å². The van der Waals surface area contributed by atoms with E-state index in [1.54, 1.807) is 6.20 Å². The first-order valence-corrected chi connectivity index (χ1v) is 3.64. The maximum absolute atomic E-state index is 8.31. The summed E-state index contributed by atoms with van der Waals surface area (Å²) in [4.78, 5) is 4.03. The Kier molecular flexibility index (Phi) is 3.21. The van der Waals surface area contributed by atoms with Crippen LogP contribution in [0, 0.1) is 0 Å². The van der Waals surface area contributed by atoms with Crippen molar-refractivity contribution in [1.82, 2.24) is 9.71 Å². The number of hydrogen-bond acceptors (Lipinski definition) is 4. The lowest BCUT2D eigenvalue weighted by molar-refractivity contribution is 0.648. The van der Waals surface area contributed by atoms with Crippen LogP contribution in [0.1, 0.15) is 5.69 Å². The third kappa shape index (κ3) is 2.34. The molecule has 2 N–H and O–H groups in total. The Morgan fingerprint density at radius 1 is 1.60 bits per heavy atom. The van der Waals surface area contributed by atoms with Crippen LogP contribution in [0.5, 0.6) is 0 Å². The topological polar surface area (TPSA) is 45.1 Å². The molecule has 0 bridgehead atoms. The fraction of sp³-hybridized carbons (Fsp3) is 0.167. The summed E-state index contributed by atoms with van der Waals surface area (Å²) in [6.45, 7) is 0.585. The van der Waals surface area contributed by atoms with Gasteiger partial charge in [-0.05, 0) is 12.1 Å². The summed E-state index contributed by atoms with van der Waals surface area (Å²) in [5.41, 5.74) is 0.920. The van der Waals surface area contributed by atoms with Crippen LogP contribution >= 0.6 is 12.2 Å². The molecule has 0 spiro atoms. The van der Waals surface area contributed by atoms with Crippen molar-refractivity contribution < 1.29 is 4.55 Å². The Morgan fingerprint density at radius 3 is 3.10 bits per heavy atom. The number of hydrogen-bond donors (Lipinski definition) is 2. The smallest absolute Gasteiger partial charge is 0.0763 e. The van der Waals surface area contributed by atoms with E-state index in [2.05, 4.69) is 9.71 Å². The molecule has 0 saturated carbocycles. The third-order valence-electron chi connectivity index (χ3n) is 1.04. The molecule has 0 unspecified atom stereocenters. The predicted molar refractivity (Wildman–Crippen MR) is 41.3 cm³/mol.